The molecule has 0 aliphatic carbocycles. The van der Waals surface area contributed by atoms with Gasteiger partial charge in [-0.2, -0.15) is 0 Å². The molecular weight excluding hydrogens is 192 g/mol. The normalized spacial score (nSPS) is 10.4. The van der Waals surface area contributed by atoms with Crippen LogP contribution in [0.25, 0.3) is 0 Å². The molecule has 0 bridgehead atoms. The van der Waals surface area contributed by atoms with Crippen LogP contribution in [0.1, 0.15) is 17.4 Å². The maximum atomic E-state index is 11.1. The fourth-order valence-electron chi connectivity index (χ4n) is 1.02. The average molecular weight is 208 g/mol. The van der Waals surface area contributed by atoms with Crippen LogP contribution in [0.2, 0.25) is 0 Å². The number of pyridine rings is 1. The van der Waals surface area contributed by atoms with Gasteiger partial charge in [0.2, 0.25) is 5.88 Å². The average Bonchev–Trinajstić information content (AvgIpc) is 2.17. The first-order valence-electron chi connectivity index (χ1n) is 4.85. The van der Waals surface area contributed by atoms with E-state index in [2.05, 4.69) is 4.98 Å². The Kier molecular flexibility index (Phi) is 4.24. The summed E-state index contributed by atoms with van der Waals surface area (Å²) < 4.78 is 5.40. The van der Waals surface area contributed by atoms with Crippen molar-refractivity contribution in [2.75, 3.05) is 27.2 Å². The van der Waals surface area contributed by atoms with Crippen LogP contribution in [0.3, 0.4) is 0 Å². The summed E-state index contributed by atoms with van der Waals surface area (Å²) in [5.74, 6) is 0.456. The Morgan fingerprint density at radius 3 is 2.80 bits per heavy atom. The first-order chi connectivity index (χ1) is 7.09. The molecule has 1 aromatic rings. The number of Topliss-reactive ketones (excluding diaryl/α,β-unsaturated/α-hetero) is 1. The van der Waals surface area contributed by atoms with Crippen molar-refractivity contribution in [1.82, 2.24) is 9.88 Å². The molecule has 0 saturated heterocycles. The van der Waals surface area contributed by atoms with E-state index in [0.717, 1.165) is 6.54 Å². The third kappa shape index (κ3) is 4.08. The fourth-order valence-corrected chi connectivity index (χ4v) is 1.02. The zero-order valence-electron chi connectivity index (χ0n) is 9.36. The second-order valence-corrected chi connectivity index (χ2v) is 3.57. The summed E-state index contributed by atoms with van der Waals surface area (Å²) in [4.78, 5) is 17.2. The Morgan fingerprint density at radius 2 is 2.20 bits per heavy atom. The molecule has 0 radical (unpaired) electrons. The van der Waals surface area contributed by atoms with Crippen LogP contribution in [-0.2, 0) is 0 Å². The molecule has 0 saturated carbocycles. The largest absolute Gasteiger partial charge is 0.476 e. The van der Waals surface area contributed by atoms with Crippen molar-refractivity contribution >= 4 is 5.78 Å². The number of nitrogens with zero attached hydrogens (tertiary/aromatic N) is 2. The number of aromatic nitrogens is 1. The first kappa shape index (κ1) is 11.7. The Labute approximate surface area is 89.9 Å². The van der Waals surface area contributed by atoms with Crippen LogP contribution >= 0.6 is 0 Å². The maximum Gasteiger partial charge on any atom is 0.213 e. The molecule has 4 nitrogen and oxygen atoms in total. The molecule has 0 unspecified atom stereocenters. The van der Waals surface area contributed by atoms with Gasteiger partial charge in [-0.1, -0.05) is 6.07 Å². The van der Waals surface area contributed by atoms with E-state index in [1.165, 1.54) is 6.92 Å². The Balaban J connectivity index is 2.54. The number of hydrogen-bond donors (Lipinski definition) is 0. The van der Waals surface area contributed by atoms with Gasteiger partial charge < -0.3 is 9.64 Å². The molecule has 0 N–H and O–H groups in total. The molecule has 1 rings (SSSR count). The molecule has 1 aromatic heterocycles. The summed E-state index contributed by atoms with van der Waals surface area (Å²) in [5.41, 5.74) is 0.442. The van der Waals surface area contributed by atoms with Crippen molar-refractivity contribution in [2.24, 2.45) is 0 Å². The van der Waals surface area contributed by atoms with Gasteiger partial charge >= 0.3 is 0 Å². The molecule has 82 valence electrons. The molecule has 0 aliphatic heterocycles. The smallest absolute Gasteiger partial charge is 0.213 e. The summed E-state index contributed by atoms with van der Waals surface area (Å²) in [5, 5.41) is 0. The van der Waals surface area contributed by atoms with E-state index >= 15 is 0 Å². The van der Waals surface area contributed by atoms with Crippen LogP contribution in [-0.4, -0.2) is 42.9 Å². The predicted molar refractivity (Wildman–Crippen MR) is 58.3 cm³/mol. The summed E-state index contributed by atoms with van der Waals surface area (Å²) in [6.45, 7) is 2.89. The second-order valence-electron chi connectivity index (χ2n) is 3.57. The van der Waals surface area contributed by atoms with E-state index < -0.39 is 0 Å². The van der Waals surface area contributed by atoms with Crippen molar-refractivity contribution in [2.45, 2.75) is 6.92 Å². The number of likely N-dealkylation sites (N-methyl/N-ethyl adjacent to an activating group) is 1. The molecular formula is C11H16N2O2. The van der Waals surface area contributed by atoms with E-state index in [0.29, 0.717) is 18.2 Å². The number of rotatable bonds is 5. The van der Waals surface area contributed by atoms with E-state index in [1.54, 1.807) is 18.2 Å². The topological polar surface area (TPSA) is 42.4 Å². The summed E-state index contributed by atoms with van der Waals surface area (Å²) in [7, 11) is 3.95. The molecule has 0 fully saturated rings. The van der Waals surface area contributed by atoms with Crippen molar-refractivity contribution in [3.63, 3.8) is 0 Å². The highest BCUT2D eigenvalue weighted by molar-refractivity contribution is 5.92. The van der Waals surface area contributed by atoms with Crippen molar-refractivity contribution in [3.05, 3.63) is 23.9 Å². The molecule has 0 spiro atoms. The minimum atomic E-state index is -0.0481. The molecule has 4 heteroatoms. The third-order valence-corrected chi connectivity index (χ3v) is 1.87. The monoisotopic (exact) mass is 208 g/mol. The molecule has 0 aliphatic rings. The van der Waals surface area contributed by atoms with Gasteiger partial charge in [0.25, 0.3) is 0 Å². The van der Waals surface area contributed by atoms with Gasteiger partial charge in [-0.15, -0.1) is 0 Å². The summed E-state index contributed by atoms with van der Waals surface area (Å²) in [6.07, 6.45) is 0. The number of ether oxygens (including phenoxy) is 1. The second kappa shape index (κ2) is 5.46. The van der Waals surface area contributed by atoms with Crippen molar-refractivity contribution < 1.29 is 9.53 Å². The van der Waals surface area contributed by atoms with Gasteiger partial charge in [0.05, 0.1) is 0 Å². The quantitative estimate of drug-likeness (QED) is 0.682. The fraction of sp³-hybridized carbons (Fsp3) is 0.455. The molecule has 0 atom stereocenters. The van der Waals surface area contributed by atoms with Crippen LogP contribution in [0.4, 0.5) is 0 Å². The van der Waals surface area contributed by atoms with Crippen LogP contribution in [0, 0.1) is 0 Å². The first-order valence-corrected chi connectivity index (χ1v) is 4.85. The van der Waals surface area contributed by atoms with E-state index in [4.69, 9.17) is 4.74 Å². The highest BCUT2D eigenvalue weighted by Gasteiger charge is 2.02. The molecule has 0 amide bonds. The van der Waals surface area contributed by atoms with Gasteiger partial charge in [-0.3, -0.25) is 4.79 Å². The highest BCUT2D eigenvalue weighted by atomic mass is 16.5. The number of hydrogen-bond acceptors (Lipinski definition) is 4. The Hall–Kier alpha value is -1.42. The minimum absolute atomic E-state index is 0.0481. The van der Waals surface area contributed by atoms with Crippen LogP contribution in [0.5, 0.6) is 5.88 Å². The zero-order valence-corrected chi connectivity index (χ0v) is 9.36. The molecule has 0 aromatic carbocycles. The Bertz CT molecular complexity index is 337. The number of ketones is 1. The van der Waals surface area contributed by atoms with Gasteiger partial charge in [0.15, 0.2) is 5.78 Å². The summed E-state index contributed by atoms with van der Waals surface area (Å²) >= 11 is 0. The van der Waals surface area contributed by atoms with Crippen molar-refractivity contribution in [1.29, 1.82) is 0 Å². The standard InChI is InChI=1S/C11H16N2O2/c1-9(14)10-5-4-6-11(12-10)15-8-7-13(2)3/h4-6H,7-8H2,1-3H3. The molecule has 1 heterocycles. The lowest BCUT2D eigenvalue weighted by Gasteiger charge is -2.10. The third-order valence-electron chi connectivity index (χ3n) is 1.87. The van der Waals surface area contributed by atoms with E-state index in [-0.39, 0.29) is 5.78 Å². The minimum Gasteiger partial charge on any atom is -0.476 e. The van der Waals surface area contributed by atoms with Gasteiger partial charge in [-0.05, 0) is 20.2 Å². The number of carbonyl (C=O) groups is 1. The van der Waals surface area contributed by atoms with Gasteiger partial charge in [0.1, 0.15) is 12.3 Å². The lowest BCUT2D eigenvalue weighted by Crippen LogP contribution is -2.19. The lowest BCUT2D eigenvalue weighted by atomic mass is 10.3. The van der Waals surface area contributed by atoms with Crippen molar-refractivity contribution in [3.8, 4) is 5.88 Å². The SMILES string of the molecule is CC(=O)c1cccc(OCCN(C)C)n1. The highest BCUT2D eigenvalue weighted by Crippen LogP contribution is 2.07. The van der Waals surface area contributed by atoms with Crippen LogP contribution in [0.15, 0.2) is 18.2 Å². The van der Waals surface area contributed by atoms with Crippen LogP contribution < -0.4 is 4.74 Å². The summed E-state index contributed by atoms with van der Waals surface area (Å²) in [6, 6.07) is 5.21. The lowest BCUT2D eigenvalue weighted by molar-refractivity contribution is 0.101. The predicted octanol–water partition coefficient (Wildman–Crippen LogP) is 1.22. The van der Waals surface area contributed by atoms with Gasteiger partial charge in [-0.25, -0.2) is 4.98 Å². The van der Waals surface area contributed by atoms with E-state index in [9.17, 15) is 4.79 Å². The van der Waals surface area contributed by atoms with Gasteiger partial charge in [0, 0.05) is 19.5 Å². The molecule has 15 heavy (non-hydrogen) atoms. The van der Waals surface area contributed by atoms with E-state index in [1.807, 2.05) is 19.0 Å². The number of carbonyl (C=O) groups excluding carboxylic acids is 1. The maximum absolute atomic E-state index is 11.1. The zero-order chi connectivity index (χ0) is 11.3. The Morgan fingerprint density at radius 1 is 1.47 bits per heavy atom.